The molecule has 0 bridgehead atoms. The van der Waals surface area contributed by atoms with Crippen LogP contribution in [0.5, 0.6) is 0 Å². The smallest absolute Gasteiger partial charge is 0.0757 e. The Labute approximate surface area is 80.3 Å². The number of hydrogen-bond donors (Lipinski definition) is 2. The maximum absolute atomic E-state index is 10.3. The lowest BCUT2D eigenvalue weighted by Gasteiger charge is -2.49. The van der Waals surface area contributed by atoms with Gasteiger partial charge in [-0.2, -0.15) is 0 Å². The summed E-state index contributed by atoms with van der Waals surface area (Å²) in [4.78, 5) is 0. The van der Waals surface area contributed by atoms with Crippen LogP contribution in [-0.4, -0.2) is 21.9 Å². The summed E-state index contributed by atoms with van der Waals surface area (Å²) in [6.07, 6.45) is 4.37. The van der Waals surface area contributed by atoms with Crippen LogP contribution in [0.3, 0.4) is 0 Å². The van der Waals surface area contributed by atoms with Crippen molar-refractivity contribution in [3.63, 3.8) is 0 Å². The van der Waals surface area contributed by atoms with Crippen molar-refractivity contribution < 1.29 is 10.2 Å². The number of aliphatic hydroxyl groups is 2. The SMILES string of the molecule is C=CCC1(O)CCC[C@H](O)C1(C)C. The van der Waals surface area contributed by atoms with E-state index in [1.165, 1.54) is 0 Å². The van der Waals surface area contributed by atoms with Gasteiger partial charge in [0.1, 0.15) is 0 Å². The third-order valence-electron chi connectivity index (χ3n) is 3.58. The molecule has 0 aliphatic heterocycles. The lowest BCUT2D eigenvalue weighted by molar-refractivity contribution is -0.152. The van der Waals surface area contributed by atoms with Crippen molar-refractivity contribution in [3.8, 4) is 0 Å². The molecule has 1 aliphatic rings. The first-order chi connectivity index (χ1) is 5.94. The number of aliphatic hydroxyl groups excluding tert-OH is 1. The van der Waals surface area contributed by atoms with Crippen LogP contribution < -0.4 is 0 Å². The van der Waals surface area contributed by atoms with E-state index >= 15 is 0 Å². The average molecular weight is 184 g/mol. The summed E-state index contributed by atoms with van der Waals surface area (Å²) in [7, 11) is 0. The zero-order valence-corrected chi connectivity index (χ0v) is 8.58. The van der Waals surface area contributed by atoms with E-state index < -0.39 is 17.1 Å². The number of hydrogen-bond acceptors (Lipinski definition) is 2. The molecule has 0 radical (unpaired) electrons. The van der Waals surface area contributed by atoms with Crippen LogP contribution in [-0.2, 0) is 0 Å². The Bertz CT molecular complexity index is 198. The van der Waals surface area contributed by atoms with Gasteiger partial charge in [-0.25, -0.2) is 0 Å². The van der Waals surface area contributed by atoms with Crippen LogP contribution >= 0.6 is 0 Å². The highest BCUT2D eigenvalue weighted by Crippen LogP contribution is 2.45. The Balaban J connectivity index is 2.87. The van der Waals surface area contributed by atoms with Crippen LogP contribution in [0.15, 0.2) is 12.7 Å². The summed E-state index contributed by atoms with van der Waals surface area (Å²) >= 11 is 0. The van der Waals surface area contributed by atoms with Gasteiger partial charge < -0.3 is 10.2 Å². The van der Waals surface area contributed by atoms with Gasteiger partial charge in [0.05, 0.1) is 11.7 Å². The highest BCUT2D eigenvalue weighted by molar-refractivity contribution is 5.03. The van der Waals surface area contributed by atoms with E-state index in [9.17, 15) is 10.2 Å². The molecule has 0 heterocycles. The fraction of sp³-hybridized carbons (Fsp3) is 0.818. The molecule has 13 heavy (non-hydrogen) atoms. The quantitative estimate of drug-likeness (QED) is 0.643. The first-order valence-corrected chi connectivity index (χ1v) is 4.95. The van der Waals surface area contributed by atoms with E-state index in [2.05, 4.69) is 6.58 Å². The molecule has 0 spiro atoms. The first kappa shape index (κ1) is 10.7. The highest BCUT2D eigenvalue weighted by atomic mass is 16.3. The summed E-state index contributed by atoms with van der Waals surface area (Å²) in [5, 5.41) is 20.1. The molecule has 1 saturated carbocycles. The summed E-state index contributed by atoms with van der Waals surface area (Å²) in [5.74, 6) is 0. The standard InChI is InChI=1S/C11H20O2/c1-4-7-11(13)8-5-6-9(12)10(11,2)3/h4,9,12-13H,1,5-8H2,2-3H3/t9-,11?/m0/s1. The summed E-state index contributed by atoms with van der Waals surface area (Å²) < 4.78 is 0. The molecule has 0 aromatic carbocycles. The Kier molecular flexibility index (Phi) is 2.83. The van der Waals surface area contributed by atoms with Gasteiger partial charge in [0.15, 0.2) is 0 Å². The van der Waals surface area contributed by atoms with E-state index in [1.54, 1.807) is 6.08 Å². The minimum absolute atomic E-state index is 0.397. The van der Waals surface area contributed by atoms with Crippen LogP contribution in [0.25, 0.3) is 0 Å². The Morgan fingerprint density at radius 2 is 2.15 bits per heavy atom. The van der Waals surface area contributed by atoms with Gasteiger partial charge in [-0.1, -0.05) is 19.9 Å². The third-order valence-corrected chi connectivity index (χ3v) is 3.58. The predicted molar refractivity (Wildman–Crippen MR) is 53.4 cm³/mol. The summed E-state index contributed by atoms with van der Waals surface area (Å²) in [6, 6.07) is 0. The Hall–Kier alpha value is -0.340. The van der Waals surface area contributed by atoms with Crippen LogP contribution in [0.2, 0.25) is 0 Å². The largest absolute Gasteiger partial charge is 0.392 e. The zero-order valence-electron chi connectivity index (χ0n) is 8.58. The van der Waals surface area contributed by atoms with E-state index in [0.29, 0.717) is 6.42 Å². The predicted octanol–water partition coefficient (Wildman–Crippen LogP) is 1.86. The van der Waals surface area contributed by atoms with Crippen molar-refractivity contribution in [1.29, 1.82) is 0 Å². The van der Waals surface area contributed by atoms with Crippen molar-refractivity contribution >= 4 is 0 Å². The second-order valence-corrected chi connectivity index (χ2v) is 4.65. The fourth-order valence-corrected chi connectivity index (χ4v) is 2.18. The average Bonchev–Trinajstić information content (AvgIpc) is 2.02. The van der Waals surface area contributed by atoms with E-state index in [4.69, 9.17) is 0 Å². The zero-order chi connectivity index (χ0) is 10.1. The van der Waals surface area contributed by atoms with Gasteiger partial charge in [-0.3, -0.25) is 0 Å². The van der Waals surface area contributed by atoms with Gasteiger partial charge >= 0.3 is 0 Å². The lowest BCUT2D eigenvalue weighted by Crippen LogP contribution is -2.54. The van der Waals surface area contributed by atoms with Gasteiger partial charge in [0.2, 0.25) is 0 Å². The Morgan fingerprint density at radius 3 is 2.69 bits per heavy atom. The summed E-state index contributed by atoms with van der Waals surface area (Å²) in [6.45, 7) is 7.51. The topological polar surface area (TPSA) is 40.5 Å². The Morgan fingerprint density at radius 1 is 1.54 bits per heavy atom. The molecule has 1 unspecified atom stereocenters. The molecular weight excluding hydrogens is 164 g/mol. The molecule has 1 aliphatic carbocycles. The molecule has 0 amide bonds. The summed E-state index contributed by atoms with van der Waals surface area (Å²) in [5.41, 5.74) is -1.19. The molecule has 2 heteroatoms. The lowest BCUT2D eigenvalue weighted by atomic mass is 9.62. The normalized spacial score (nSPS) is 38.6. The highest BCUT2D eigenvalue weighted by Gasteiger charge is 2.49. The van der Waals surface area contributed by atoms with Gasteiger partial charge in [-0.15, -0.1) is 6.58 Å². The molecule has 76 valence electrons. The van der Waals surface area contributed by atoms with Gasteiger partial charge in [-0.05, 0) is 25.7 Å². The van der Waals surface area contributed by atoms with Crippen molar-refractivity contribution in [1.82, 2.24) is 0 Å². The second-order valence-electron chi connectivity index (χ2n) is 4.65. The maximum atomic E-state index is 10.3. The molecule has 2 atom stereocenters. The van der Waals surface area contributed by atoms with Crippen molar-refractivity contribution in [2.45, 2.75) is 51.2 Å². The molecule has 1 rings (SSSR count). The molecule has 0 aromatic heterocycles. The third kappa shape index (κ3) is 1.65. The first-order valence-electron chi connectivity index (χ1n) is 4.95. The van der Waals surface area contributed by atoms with Crippen molar-refractivity contribution in [2.24, 2.45) is 5.41 Å². The second kappa shape index (κ2) is 3.43. The monoisotopic (exact) mass is 184 g/mol. The van der Waals surface area contributed by atoms with E-state index in [-0.39, 0.29) is 0 Å². The van der Waals surface area contributed by atoms with Crippen molar-refractivity contribution in [3.05, 3.63) is 12.7 Å². The van der Waals surface area contributed by atoms with Gasteiger partial charge in [0.25, 0.3) is 0 Å². The number of rotatable bonds is 2. The fourth-order valence-electron chi connectivity index (χ4n) is 2.18. The van der Waals surface area contributed by atoms with Crippen LogP contribution in [0.1, 0.15) is 39.5 Å². The van der Waals surface area contributed by atoms with E-state index in [1.807, 2.05) is 13.8 Å². The molecule has 0 saturated heterocycles. The maximum Gasteiger partial charge on any atom is 0.0757 e. The van der Waals surface area contributed by atoms with Crippen LogP contribution in [0.4, 0.5) is 0 Å². The molecule has 0 aromatic rings. The molecule has 1 fully saturated rings. The van der Waals surface area contributed by atoms with Crippen LogP contribution in [0, 0.1) is 5.41 Å². The van der Waals surface area contributed by atoms with E-state index in [0.717, 1.165) is 19.3 Å². The minimum Gasteiger partial charge on any atom is -0.392 e. The molecule has 2 nitrogen and oxygen atoms in total. The molecular formula is C11H20O2. The van der Waals surface area contributed by atoms with Crippen molar-refractivity contribution in [2.75, 3.05) is 0 Å². The molecule has 2 N–H and O–H groups in total. The van der Waals surface area contributed by atoms with Gasteiger partial charge in [0, 0.05) is 5.41 Å². The minimum atomic E-state index is -0.771.